The lowest BCUT2D eigenvalue weighted by Crippen LogP contribution is -2.34. The second-order valence-electron chi connectivity index (χ2n) is 4.73. The van der Waals surface area contributed by atoms with Crippen LogP contribution in [-0.2, 0) is 16.4 Å². The lowest BCUT2D eigenvalue weighted by Gasteiger charge is -2.23. The summed E-state index contributed by atoms with van der Waals surface area (Å²) in [6.07, 6.45) is 2.73. The molecule has 0 amide bonds. The molecule has 0 fully saturated rings. The van der Waals surface area contributed by atoms with Crippen molar-refractivity contribution in [1.29, 1.82) is 0 Å². The van der Waals surface area contributed by atoms with Gasteiger partial charge in [0.05, 0.1) is 0 Å². The third kappa shape index (κ3) is 4.27. The van der Waals surface area contributed by atoms with Crippen LogP contribution >= 0.6 is 11.3 Å². The Hall–Kier alpha value is -0.430. The van der Waals surface area contributed by atoms with Gasteiger partial charge in [-0.1, -0.05) is 13.3 Å². The molecule has 0 saturated heterocycles. The summed E-state index contributed by atoms with van der Waals surface area (Å²) in [5.41, 5.74) is 0. The van der Waals surface area contributed by atoms with Crippen LogP contribution < -0.4 is 5.32 Å². The molecule has 1 atom stereocenters. The minimum atomic E-state index is -3.33. The Morgan fingerprint density at radius 2 is 2.11 bits per heavy atom. The van der Waals surface area contributed by atoms with Crippen molar-refractivity contribution in [1.82, 2.24) is 9.62 Å². The van der Waals surface area contributed by atoms with Crippen molar-refractivity contribution in [3.05, 3.63) is 17.0 Å². The molecule has 0 aliphatic heterocycles. The smallest absolute Gasteiger partial charge is 0.252 e. The van der Waals surface area contributed by atoms with Crippen LogP contribution in [0.2, 0.25) is 0 Å². The summed E-state index contributed by atoms with van der Waals surface area (Å²) >= 11 is 1.37. The van der Waals surface area contributed by atoms with E-state index in [1.165, 1.54) is 15.6 Å². The fraction of sp³-hybridized carbons (Fsp3) is 0.692. The molecule has 1 N–H and O–H groups in total. The third-order valence-corrected chi connectivity index (χ3v) is 6.80. The first-order valence-corrected chi connectivity index (χ1v) is 8.90. The Morgan fingerprint density at radius 1 is 1.42 bits per heavy atom. The van der Waals surface area contributed by atoms with E-state index in [1.54, 1.807) is 13.1 Å². The molecule has 1 heterocycles. The summed E-state index contributed by atoms with van der Waals surface area (Å²) < 4.78 is 26.9. The minimum absolute atomic E-state index is 0.0397. The first-order chi connectivity index (χ1) is 8.93. The molecular weight excluding hydrogens is 280 g/mol. The topological polar surface area (TPSA) is 49.4 Å². The molecule has 1 aromatic rings. The molecule has 0 spiro atoms. The zero-order valence-electron chi connectivity index (χ0n) is 12.1. The molecule has 0 radical (unpaired) electrons. The number of hydrogen-bond donors (Lipinski definition) is 1. The SMILES string of the molecule is CCCC(C)N(C)S(=O)(=O)c1ccc(CCNC)s1. The summed E-state index contributed by atoms with van der Waals surface area (Å²) in [6, 6.07) is 3.67. The van der Waals surface area contributed by atoms with Gasteiger partial charge < -0.3 is 5.32 Å². The Balaban J connectivity index is 2.84. The zero-order chi connectivity index (χ0) is 14.5. The lowest BCUT2D eigenvalue weighted by atomic mass is 10.2. The monoisotopic (exact) mass is 304 g/mol. The molecule has 0 bridgehead atoms. The third-order valence-electron chi connectivity index (χ3n) is 3.22. The van der Waals surface area contributed by atoms with Gasteiger partial charge in [-0.05, 0) is 45.5 Å². The van der Waals surface area contributed by atoms with E-state index in [4.69, 9.17) is 0 Å². The van der Waals surface area contributed by atoms with Crippen LogP contribution in [0.5, 0.6) is 0 Å². The molecule has 1 rings (SSSR count). The highest BCUT2D eigenvalue weighted by Gasteiger charge is 2.26. The van der Waals surface area contributed by atoms with E-state index in [1.807, 2.05) is 20.0 Å². The lowest BCUT2D eigenvalue weighted by molar-refractivity contribution is 0.369. The summed E-state index contributed by atoms with van der Waals surface area (Å²) in [5.74, 6) is 0. The van der Waals surface area contributed by atoms with Crippen LogP contribution in [0, 0.1) is 0 Å². The highest BCUT2D eigenvalue weighted by atomic mass is 32.2. The van der Waals surface area contributed by atoms with Gasteiger partial charge in [0, 0.05) is 18.0 Å². The predicted octanol–water partition coefficient (Wildman–Crippen LogP) is 2.32. The number of thiophene rings is 1. The molecule has 1 aromatic heterocycles. The molecule has 0 aromatic carbocycles. The fourth-order valence-electron chi connectivity index (χ4n) is 1.86. The molecule has 110 valence electrons. The number of sulfonamides is 1. The Morgan fingerprint density at radius 3 is 2.68 bits per heavy atom. The van der Waals surface area contributed by atoms with Crippen LogP contribution in [0.1, 0.15) is 31.6 Å². The normalized spacial score (nSPS) is 13.9. The van der Waals surface area contributed by atoms with E-state index in [9.17, 15) is 8.42 Å². The first-order valence-electron chi connectivity index (χ1n) is 6.64. The average molecular weight is 304 g/mol. The van der Waals surface area contributed by atoms with E-state index >= 15 is 0 Å². The number of rotatable bonds is 8. The zero-order valence-corrected chi connectivity index (χ0v) is 13.8. The number of nitrogens with one attached hydrogen (secondary N) is 1. The molecule has 0 aliphatic rings. The van der Waals surface area contributed by atoms with Crippen molar-refractivity contribution in [2.45, 2.75) is 43.4 Å². The molecule has 6 heteroatoms. The van der Waals surface area contributed by atoms with Crippen molar-refractivity contribution in [3.8, 4) is 0 Å². The van der Waals surface area contributed by atoms with Gasteiger partial charge in [-0.2, -0.15) is 4.31 Å². The maximum atomic E-state index is 12.5. The molecule has 0 saturated carbocycles. The highest BCUT2D eigenvalue weighted by Crippen LogP contribution is 2.26. The summed E-state index contributed by atoms with van der Waals surface area (Å²) in [7, 11) is 0.230. The average Bonchev–Trinajstić information content (AvgIpc) is 2.85. The van der Waals surface area contributed by atoms with E-state index in [0.717, 1.165) is 30.7 Å². The minimum Gasteiger partial charge on any atom is -0.319 e. The molecule has 0 aliphatic carbocycles. The number of nitrogens with zero attached hydrogens (tertiary/aromatic N) is 1. The molecule has 19 heavy (non-hydrogen) atoms. The maximum absolute atomic E-state index is 12.5. The highest BCUT2D eigenvalue weighted by molar-refractivity contribution is 7.91. The van der Waals surface area contributed by atoms with Gasteiger partial charge in [0.2, 0.25) is 0 Å². The van der Waals surface area contributed by atoms with Crippen LogP contribution in [0.15, 0.2) is 16.3 Å². The summed E-state index contributed by atoms with van der Waals surface area (Å²) in [5, 5.41) is 3.07. The molecule has 4 nitrogen and oxygen atoms in total. The Kier molecular flexibility index (Phi) is 6.46. The van der Waals surface area contributed by atoms with Crippen LogP contribution in [0.25, 0.3) is 0 Å². The van der Waals surface area contributed by atoms with Gasteiger partial charge >= 0.3 is 0 Å². The Labute approximate surface area is 120 Å². The Bertz CT molecular complexity index is 483. The second kappa shape index (κ2) is 7.38. The van der Waals surface area contributed by atoms with Crippen molar-refractivity contribution < 1.29 is 8.42 Å². The molecule has 1 unspecified atom stereocenters. The predicted molar refractivity (Wildman–Crippen MR) is 81.3 cm³/mol. The van der Waals surface area contributed by atoms with Crippen LogP contribution in [0.3, 0.4) is 0 Å². The van der Waals surface area contributed by atoms with E-state index in [2.05, 4.69) is 12.2 Å². The van der Waals surface area contributed by atoms with Crippen molar-refractivity contribution in [2.24, 2.45) is 0 Å². The van der Waals surface area contributed by atoms with Gasteiger partial charge in [0.1, 0.15) is 4.21 Å². The van der Waals surface area contributed by atoms with Gasteiger partial charge in [0.25, 0.3) is 10.0 Å². The first kappa shape index (κ1) is 16.6. The number of hydrogen-bond acceptors (Lipinski definition) is 4. The largest absolute Gasteiger partial charge is 0.319 e. The van der Waals surface area contributed by atoms with Crippen molar-refractivity contribution in [2.75, 3.05) is 20.6 Å². The standard InChI is InChI=1S/C13H24N2O2S2/c1-5-6-11(2)15(4)19(16,17)13-8-7-12(18-13)9-10-14-3/h7-8,11,14H,5-6,9-10H2,1-4H3. The van der Waals surface area contributed by atoms with Gasteiger partial charge in [0.15, 0.2) is 0 Å². The maximum Gasteiger partial charge on any atom is 0.252 e. The van der Waals surface area contributed by atoms with E-state index in [-0.39, 0.29) is 6.04 Å². The number of likely N-dealkylation sites (N-methyl/N-ethyl adjacent to an activating group) is 1. The van der Waals surface area contributed by atoms with E-state index < -0.39 is 10.0 Å². The van der Waals surface area contributed by atoms with Crippen LogP contribution in [0.4, 0.5) is 0 Å². The van der Waals surface area contributed by atoms with Crippen molar-refractivity contribution >= 4 is 21.4 Å². The van der Waals surface area contributed by atoms with Crippen molar-refractivity contribution in [3.63, 3.8) is 0 Å². The fourth-order valence-corrected chi connectivity index (χ4v) is 4.79. The second-order valence-corrected chi connectivity index (χ2v) is 8.13. The molecular formula is C13H24N2O2S2. The summed E-state index contributed by atoms with van der Waals surface area (Å²) in [6.45, 7) is 4.89. The van der Waals surface area contributed by atoms with Gasteiger partial charge in [-0.3, -0.25) is 0 Å². The van der Waals surface area contributed by atoms with Crippen LogP contribution in [-0.4, -0.2) is 39.4 Å². The van der Waals surface area contributed by atoms with Gasteiger partial charge in [-0.15, -0.1) is 11.3 Å². The summed E-state index contributed by atoms with van der Waals surface area (Å²) in [4.78, 5) is 1.10. The van der Waals surface area contributed by atoms with E-state index in [0.29, 0.717) is 4.21 Å². The van der Waals surface area contributed by atoms with Gasteiger partial charge in [-0.25, -0.2) is 8.42 Å². The quantitative estimate of drug-likeness (QED) is 0.802.